The van der Waals surface area contributed by atoms with Gasteiger partial charge in [0.15, 0.2) is 0 Å². The molecule has 0 bridgehead atoms. The molecule has 90 valence electrons. The SMILES string of the molecule is COc1ccc(CCC(N)CCSC)cc1. The van der Waals surface area contributed by atoms with Crippen molar-refractivity contribution in [3.05, 3.63) is 29.8 Å². The highest BCUT2D eigenvalue weighted by molar-refractivity contribution is 7.98. The van der Waals surface area contributed by atoms with Crippen LogP contribution in [0.3, 0.4) is 0 Å². The summed E-state index contributed by atoms with van der Waals surface area (Å²) in [4.78, 5) is 0. The third kappa shape index (κ3) is 4.90. The Morgan fingerprint density at radius 1 is 1.25 bits per heavy atom. The fourth-order valence-electron chi connectivity index (χ4n) is 1.56. The Hall–Kier alpha value is -0.670. The van der Waals surface area contributed by atoms with Crippen molar-refractivity contribution in [1.29, 1.82) is 0 Å². The van der Waals surface area contributed by atoms with E-state index >= 15 is 0 Å². The van der Waals surface area contributed by atoms with Crippen molar-refractivity contribution in [2.45, 2.75) is 25.3 Å². The summed E-state index contributed by atoms with van der Waals surface area (Å²) in [7, 11) is 1.69. The van der Waals surface area contributed by atoms with Crippen LogP contribution in [-0.2, 0) is 6.42 Å². The molecule has 0 aliphatic carbocycles. The number of thioether (sulfide) groups is 1. The molecule has 0 heterocycles. The zero-order valence-electron chi connectivity index (χ0n) is 10.1. The molecule has 0 fully saturated rings. The van der Waals surface area contributed by atoms with Crippen LogP contribution in [0.2, 0.25) is 0 Å². The highest BCUT2D eigenvalue weighted by Gasteiger charge is 2.02. The maximum atomic E-state index is 6.03. The van der Waals surface area contributed by atoms with Crippen LogP contribution in [0.15, 0.2) is 24.3 Å². The molecule has 1 unspecified atom stereocenters. The van der Waals surface area contributed by atoms with Crippen LogP contribution in [-0.4, -0.2) is 25.2 Å². The minimum Gasteiger partial charge on any atom is -0.497 e. The van der Waals surface area contributed by atoms with Crippen LogP contribution in [0.5, 0.6) is 5.75 Å². The Bertz CT molecular complexity index is 286. The van der Waals surface area contributed by atoms with Crippen LogP contribution < -0.4 is 10.5 Å². The molecular weight excluding hydrogens is 218 g/mol. The largest absolute Gasteiger partial charge is 0.497 e. The first-order chi connectivity index (χ1) is 7.76. The Balaban J connectivity index is 2.30. The second-order valence-electron chi connectivity index (χ2n) is 3.93. The summed E-state index contributed by atoms with van der Waals surface area (Å²) in [6.07, 6.45) is 5.35. The average molecular weight is 239 g/mol. The first-order valence-corrected chi connectivity index (χ1v) is 7.03. The molecule has 0 amide bonds. The highest BCUT2D eigenvalue weighted by atomic mass is 32.2. The Kier molecular flexibility index (Phi) is 6.34. The van der Waals surface area contributed by atoms with Gasteiger partial charge in [-0.25, -0.2) is 0 Å². The number of nitrogens with two attached hydrogens (primary N) is 1. The molecule has 1 aromatic rings. The smallest absolute Gasteiger partial charge is 0.118 e. The van der Waals surface area contributed by atoms with E-state index < -0.39 is 0 Å². The van der Waals surface area contributed by atoms with Crippen LogP contribution >= 0.6 is 11.8 Å². The Labute approximate surface area is 103 Å². The molecule has 2 N–H and O–H groups in total. The van der Waals surface area contributed by atoms with Gasteiger partial charge < -0.3 is 10.5 Å². The molecule has 1 rings (SSSR count). The van der Waals surface area contributed by atoms with Crippen LogP contribution in [0.1, 0.15) is 18.4 Å². The quantitative estimate of drug-likeness (QED) is 0.794. The van der Waals surface area contributed by atoms with E-state index in [0.717, 1.165) is 30.8 Å². The molecule has 0 radical (unpaired) electrons. The number of hydrogen-bond donors (Lipinski definition) is 1. The monoisotopic (exact) mass is 239 g/mol. The fraction of sp³-hybridized carbons (Fsp3) is 0.538. The van der Waals surface area contributed by atoms with Gasteiger partial charge in [0.25, 0.3) is 0 Å². The van der Waals surface area contributed by atoms with E-state index in [1.807, 2.05) is 23.9 Å². The number of ether oxygens (including phenoxy) is 1. The number of rotatable bonds is 7. The third-order valence-electron chi connectivity index (χ3n) is 2.66. The molecule has 1 atom stereocenters. The average Bonchev–Trinajstić information content (AvgIpc) is 2.34. The van der Waals surface area contributed by atoms with Crippen molar-refractivity contribution in [2.75, 3.05) is 19.1 Å². The van der Waals surface area contributed by atoms with Crippen molar-refractivity contribution >= 4 is 11.8 Å². The van der Waals surface area contributed by atoms with Crippen LogP contribution in [0.25, 0.3) is 0 Å². The van der Waals surface area contributed by atoms with Crippen molar-refractivity contribution < 1.29 is 4.74 Å². The van der Waals surface area contributed by atoms with Gasteiger partial charge in [0, 0.05) is 6.04 Å². The summed E-state index contributed by atoms with van der Waals surface area (Å²) in [6.45, 7) is 0. The molecule has 0 spiro atoms. The van der Waals surface area contributed by atoms with E-state index in [4.69, 9.17) is 10.5 Å². The van der Waals surface area contributed by atoms with Crippen molar-refractivity contribution in [2.24, 2.45) is 5.73 Å². The minimum atomic E-state index is 0.328. The maximum Gasteiger partial charge on any atom is 0.118 e. The van der Waals surface area contributed by atoms with E-state index in [-0.39, 0.29) is 0 Å². The van der Waals surface area contributed by atoms with Gasteiger partial charge in [-0.3, -0.25) is 0 Å². The van der Waals surface area contributed by atoms with Gasteiger partial charge in [-0.15, -0.1) is 0 Å². The summed E-state index contributed by atoms with van der Waals surface area (Å²) in [6, 6.07) is 8.56. The van der Waals surface area contributed by atoms with Gasteiger partial charge in [-0.05, 0) is 49.0 Å². The number of aryl methyl sites for hydroxylation is 1. The number of hydrogen-bond acceptors (Lipinski definition) is 3. The predicted molar refractivity (Wildman–Crippen MR) is 72.3 cm³/mol. The number of benzene rings is 1. The summed E-state index contributed by atoms with van der Waals surface area (Å²) in [5.41, 5.74) is 7.36. The van der Waals surface area contributed by atoms with E-state index in [2.05, 4.69) is 18.4 Å². The molecule has 0 aliphatic heterocycles. The minimum absolute atomic E-state index is 0.328. The maximum absolute atomic E-state index is 6.03. The topological polar surface area (TPSA) is 35.2 Å². The molecule has 3 heteroatoms. The van der Waals surface area contributed by atoms with Gasteiger partial charge in [0.05, 0.1) is 7.11 Å². The molecule has 0 aromatic heterocycles. The summed E-state index contributed by atoms with van der Waals surface area (Å²) in [5.74, 6) is 2.07. The first-order valence-electron chi connectivity index (χ1n) is 5.63. The van der Waals surface area contributed by atoms with Gasteiger partial charge >= 0.3 is 0 Å². The summed E-state index contributed by atoms with van der Waals surface area (Å²) < 4.78 is 5.12. The van der Waals surface area contributed by atoms with Crippen LogP contribution in [0, 0.1) is 0 Å². The lowest BCUT2D eigenvalue weighted by atomic mass is 10.0. The summed E-state index contributed by atoms with van der Waals surface area (Å²) in [5, 5.41) is 0. The molecule has 16 heavy (non-hydrogen) atoms. The first kappa shape index (κ1) is 13.4. The zero-order valence-corrected chi connectivity index (χ0v) is 10.9. The van der Waals surface area contributed by atoms with Crippen molar-refractivity contribution in [1.82, 2.24) is 0 Å². The molecular formula is C13H21NOS. The van der Waals surface area contributed by atoms with E-state index in [0.29, 0.717) is 6.04 Å². The Morgan fingerprint density at radius 2 is 1.94 bits per heavy atom. The zero-order chi connectivity index (χ0) is 11.8. The molecule has 0 saturated heterocycles. The number of methoxy groups -OCH3 is 1. The lowest BCUT2D eigenvalue weighted by Gasteiger charge is -2.10. The lowest BCUT2D eigenvalue weighted by Crippen LogP contribution is -2.21. The third-order valence-corrected chi connectivity index (χ3v) is 3.30. The van der Waals surface area contributed by atoms with E-state index in [1.165, 1.54) is 5.56 Å². The highest BCUT2D eigenvalue weighted by Crippen LogP contribution is 2.13. The second kappa shape index (κ2) is 7.58. The second-order valence-corrected chi connectivity index (χ2v) is 4.91. The molecule has 0 saturated carbocycles. The molecule has 0 aliphatic rings. The van der Waals surface area contributed by atoms with E-state index in [9.17, 15) is 0 Å². The van der Waals surface area contributed by atoms with Gasteiger partial charge in [0.1, 0.15) is 5.75 Å². The normalized spacial score (nSPS) is 12.4. The van der Waals surface area contributed by atoms with Gasteiger partial charge in [-0.1, -0.05) is 12.1 Å². The fourth-order valence-corrected chi connectivity index (χ4v) is 2.10. The van der Waals surface area contributed by atoms with E-state index in [1.54, 1.807) is 7.11 Å². The lowest BCUT2D eigenvalue weighted by molar-refractivity contribution is 0.414. The van der Waals surface area contributed by atoms with Crippen molar-refractivity contribution in [3.63, 3.8) is 0 Å². The summed E-state index contributed by atoms with van der Waals surface area (Å²) >= 11 is 1.86. The van der Waals surface area contributed by atoms with Crippen LogP contribution in [0.4, 0.5) is 0 Å². The molecule has 2 nitrogen and oxygen atoms in total. The van der Waals surface area contributed by atoms with Gasteiger partial charge in [-0.2, -0.15) is 11.8 Å². The standard InChI is InChI=1S/C13H21NOS/c1-15-13-7-4-11(5-8-13)3-6-12(14)9-10-16-2/h4-5,7-8,12H,3,6,9-10,14H2,1-2H3. The molecule has 1 aromatic carbocycles. The van der Waals surface area contributed by atoms with Gasteiger partial charge in [0.2, 0.25) is 0 Å². The predicted octanol–water partition coefficient (Wildman–Crippen LogP) is 2.71. The van der Waals surface area contributed by atoms with Crippen molar-refractivity contribution in [3.8, 4) is 5.75 Å². The Morgan fingerprint density at radius 3 is 2.50 bits per heavy atom.